The van der Waals surface area contributed by atoms with Crippen LogP contribution in [0.1, 0.15) is 49.9 Å². The summed E-state index contributed by atoms with van der Waals surface area (Å²) in [6, 6.07) is 4.98. The zero-order valence-corrected chi connectivity index (χ0v) is 13.6. The summed E-state index contributed by atoms with van der Waals surface area (Å²) in [6.07, 6.45) is 3.37. The smallest absolute Gasteiger partial charge is 0.196 e. The highest BCUT2D eigenvalue weighted by Crippen LogP contribution is 2.44. The van der Waals surface area contributed by atoms with E-state index >= 15 is 0 Å². The Hall–Kier alpha value is -0.570. The zero-order chi connectivity index (χ0) is 15.0. The van der Waals surface area contributed by atoms with Crippen molar-refractivity contribution in [3.63, 3.8) is 0 Å². The zero-order valence-electron chi connectivity index (χ0n) is 12.1. The summed E-state index contributed by atoms with van der Waals surface area (Å²) in [5.74, 6) is -0.0528. The summed E-state index contributed by atoms with van der Waals surface area (Å²) in [7, 11) is 1.61. The Balaban J connectivity index is 2.32. The molecule has 0 unspecified atom stereocenters. The minimum atomic E-state index is -0.760. The first-order valence-electron chi connectivity index (χ1n) is 6.85. The number of hydrogen-bond acceptors (Lipinski definition) is 2. The van der Waals surface area contributed by atoms with Gasteiger partial charge in [-0.05, 0) is 49.3 Å². The third-order valence-corrected chi connectivity index (χ3v) is 4.95. The molecule has 0 saturated heterocycles. The van der Waals surface area contributed by atoms with Crippen molar-refractivity contribution in [1.29, 1.82) is 0 Å². The third-order valence-electron chi connectivity index (χ3n) is 4.39. The van der Waals surface area contributed by atoms with Gasteiger partial charge in [-0.1, -0.05) is 37.0 Å². The third kappa shape index (κ3) is 3.03. The fraction of sp³-hybridized carbons (Fsp3) is 0.562. The van der Waals surface area contributed by atoms with E-state index in [4.69, 9.17) is 27.9 Å². The van der Waals surface area contributed by atoms with Gasteiger partial charge in [0.05, 0.1) is 5.02 Å². The molecule has 1 aliphatic rings. The second kappa shape index (κ2) is 5.67. The Kier molecular flexibility index (Phi) is 4.48. The van der Waals surface area contributed by atoms with E-state index in [0.29, 0.717) is 15.6 Å². The SMILES string of the molecule is COC1(C(=O)c2cc(Cl)ccc2Cl)CCC(C)(C)CC1. The van der Waals surface area contributed by atoms with Crippen molar-refractivity contribution in [1.82, 2.24) is 0 Å². The summed E-state index contributed by atoms with van der Waals surface area (Å²) in [6.45, 7) is 4.45. The number of hydrogen-bond donors (Lipinski definition) is 0. The summed E-state index contributed by atoms with van der Waals surface area (Å²) >= 11 is 12.1. The highest BCUT2D eigenvalue weighted by Gasteiger charge is 2.44. The molecule has 0 aromatic heterocycles. The number of Topliss-reactive ketones (excluding diaryl/α,β-unsaturated/α-hetero) is 1. The van der Waals surface area contributed by atoms with Crippen LogP contribution in [-0.4, -0.2) is 18.5 Å². The van der Waals surface area contributed by atoms with Gasteiger partial charge >= 0.3 is 0 Å². The maximum absolute atomic E-state index is 12.9. The molecule has 1 aromatic rings. The molecule has 2 nitrogen and oxygen atoms in total. The van der Waals surface area contributed by atoms with Crippen molar-refractivity contribution in [3.8, 4) is 0 Å². The number of rotatable bonds is 3. The van der Waals surface area contributed by atoms with Gasteiger partial charge in [0.25, 0.3) is 0 Å². The summed E-state index contributed by atoms with van der Waals surface area (Å²) < 4.78 is 5.63. The Morgan fingerprint density at radius 1 is 1.15 bits per heavy atom. The van der Waals surface area contributed by atoms with Gasteiger partial charge in [0, 0.05) is 17.7 Å². The first kappa shape index (κ1) is 15.8. The first-order valence-corrected chi connectivity index (χ1v) is 7.60. The van der Waals surface area contributed by atoms with Crippen molar-refractivity contribution in [2.24, 2.45) is 5.41 Å². The van der Waals surface area contributed by atoms with Gasteiger partial charge in [0.1, 0.15) is 5.60 Å². The molecular weight excluding hydrogens is 295 g/mol. The number of ketones is 1. The van der Waals surface area contributed by atoms with Crippen LogP contribution in [0.3, 0.4) is 0 Å². The molecule has 110 valence electrons. The average Bonchev–Trinajstić information content (AvgIpc) is 2.41. The molecule has 0 atom stereocenters. The first-order chi connectivity index (χ1) is 9.30. The highest BCUT2D eigenvalue weighted by molar-refractivity contribution is 6.36. The lowest BCUT2D eigenvalue weighted by Gasteiger charge is -2.41. The van der Waals surface area contributed by atoms with Crippen molar-refractivity contribution in [2.75, 3.05) is 7.11 Å². The lowest BCUT2D eigenvalue weighted by molar-refractivity contribution is -0.0382. The van der Waals surface area contributed by atoms with E-state index in [0.717, 1.165) is 25.7 Å². The van der Waals surface area contributed by atoms with Crippen LogP contribution >= 0.6 is 23.2 Å². The van der Waals surface area contributed by atoms with Crippen LogP contribution in [0.15, 0.2) is 18.2 Å². The van der Waals surface area contributed by atoms with Gasteiger partial charge in [-0.25, -0.2) is 0 Å². The van der Waals surface area contributed by atoms with Crippen molar-refractivity contribution < 1.29 is 9.53 Å². The van der Waals surface area contributed by atoms with Crippen molar-refractivity contribution >= 4 is 29.0 Å². The minimum absolute atomic E-state index is 0.0528. The Labute approximate surface area is 130 Å². The van der Waals surface area contributed by atoms with Crippen LogP contribution in [0.25, 0.3) is 0 Å². The monoisotopic (exact) mass is 314 g/mol. The van der Waals surface area contributed by atoms with Crippen LogP contribution in [-0.2, 0) is 4.74 Å². The van der Waals surface area contributed by atoms with Crippen molar-refractivity contribution in [3.05, 3.63) is 33.8 Å². The van der Waals surface area contributed by atoms with E-state index < -0.39 is 5.60 Å². The van der Waals surface area contributed by atoms with Gasteiger partial charge in [0.15, 0.2) is 5.78 Å². The van der Waals surface area contributed by atoms with Crippen LogP contribution in [0.2, 0.25) is 10.0 Å². The largest absolute Gasteiger partial charge is 0.370 e. The lowest BCUT2D eigenvalue weighted by atomic mass is 9.68. The molecule has 1 aliphatic carbocycles. The molecule has 0 amide bonds. The fourth-order valence-electron chi connectivity index (χ4n) is 2.77. The van der Waals surface area contributed by atoms with Gasteiger partial charge in [-0.2, -0.15) is 0 Å². The summed E-state index contributed by atoms with van der Waals surface area (Å²) in [4.78, 5) is 12.9. The molecule has 0 aliphatic heterocycles. The Morgan fingerprint density at radius 3 is 2.30 bits per heavy atom. The van der Waals surface area contributed by atoms with Gasteiger partial charge in [-0.3, -0.25) is 4.79 Å². The molecule has 4 heteroatoms. The molecule has 1 aromatic carbocycles. The summed E-state index contributed by atoms with van der Waals surface area (Å²) in [5, 5.41) is 0.945. The van der Waals surface area contributed by atoms with Gasteiger partial charge in [0.2, 0.25) is 0 Å². The van der Waals surface area contributed by atoms with Crippen LogP contribution < -0.4 is 0 Å². The molecule has 0 bridgehead atoms. The number of ether oxygens (including phenoxy) is 1. The number of carbonyl (C=O) groups is 1. The standard InChI is InChI=1S/C16H20Cl2O2/c1-15(2)6-8-16(20-3,9-7-15)14(19)12-10-11(17)4-5-13(12)18/h4-5,10H,6-9H2,1-3H3. The van der Waals surface area contributed by atoms with E-state index in [1.807, 2.05) is 0 Å². The van der Waals surface area contributed by atoms with Crippen LogP contribution in [0, 0.1) is 5.41 Å². The Bertz CT molecular complexity index is 513. The molecule has 0 spiro atoms. The maximum Gasteiger partial charge on any atom is 0.196 e. The summed E-state index contributed by atoms with van der Waals surface area (Å²) in [5.41, 5.74) is -0.0368. The number of methoxy groups -OCH3 is 1. The second-order valence-electron chi connectivity index (χ2n) is 6.32. The fourth-order valence-corrected chi connectivity index (χ4v) is 3.15. The molecule has 1 fully saturated rings. The Morgan fingerprint density at radius 2 is 1.75 bits per heavy atom. The number of benzene rings is 1. The molecule has 0 radical (unpaired) electrons. The van der Waals surface area contributed by atoms with Crippen molar-refractivity contribution in [2.45, 2.75) is 45.1 Å². The molecule has 0 N–H and O–H groups in total. The van der Waals surface area contributed by atoms with Gasteiger partial charge < -0.3 is 4.74 Å². The van der Waals surface area contributed by atoms with Crippen LogP contribution in [0.5, 0.6) is 0 Å². The van der Waals surface area contributed by atoms with E-state index in [9.17, 15) is 4.79 Å². The molecule has 1 saturated carbocycles. The molecular formula is C16H20Cl2O2. The van der Waals surface area contributed by atoms with Gasteiger partial charge in [-0.15, -0.1) is 0 Å². The van der Waals surface area contributed by atoms with E-state index in [-0.39, 0.29) is 11.2 Å². The predicted molar refractivity (Wildman–Crippen MR) is 82.8 cm³/mol. The molecule has 2 rings (SSSR count). The molecule has 20 heavy (non-hydrogen) atoms. The lowest BCUT2D eigenvalue weighted by Crippen LogP contribution is -2.45. The quantitative estimate of drug-likeness (QED) is 0.720. The van der Waals surface area contributed by atoms with E-state index in [2.05, 4.69) is 13.8 Å². The minimum Gasteiger partial charge on any atom is -0.370 e. The van der Waals surface area contributed by atoms with Crippen LogP contribution in [0.4, 0.5) is 0 Å². The maximum atomic E-state index is 12.9. The average molecular weight is 315 g/mol. The topological polar surface area (TPSA) is 26.3 Å². The number of carbonyl (C=O) groups excluding carboxylic acids is 1. The highest BCUT2D eigenvalue weighted by atomic mass is 35.5. The second-order valence-corrected chi connectivity index (χ2v) is 7.16. The molecule has 0 heterocycles. The van der Waals surface area contributed by atoms with E-state index in [1.165, 1.54) is 0 Å². The number of halogens is 2. The van der Waals surface area contributed by atoms with E-state index in [1.54, 1.807) is 25.3 Å². The predicted octanol–water partition coefficient (Wildman–Crippen LogP) is 5.16. The normalized spacial score (nSPS) is 20.6.